The number of fused-ring (bicyclic) bond motifs is 1. The maximum atomic E-state index is 12.5. The maximum Gasteiger partial charge on any atom is 0.256 e. The molecule has 0 saturated heterocycles. The minimum Gasteiger partial charge on any atom is -0.342 e. The standard InChI is InChI=1S/C14H18F2N2/c1-2-12(17)8-11-5-3-4-10-6-7-18(14(10)11)9-13(15)16/h3-7,12-13H,2,8-9,17H2,1H3. The zero-order valence-electron chi connectivity index (χ0n) is 10.4. The van der Waals surface area contributed by atoms with Crippen LogP contribution in [0.2, 0.25) is 0 Å². The molecule has 2 N–H and O–H groups in total. The number of para-hydroxylation sites is 1. The number of halogens is 2. The molecule has 0 radical (unpaired) electrons. The molecule has 0 amide bonds. The summed E-state index contributed by atoms with van der Waals surface area (Å²) in [6, 6.07) is 7.81. The molecule has 0 aliphatic heterocycles. The Hall–Kier alpha value is -1.42. The molecule has 2 rings (SSSR count). The van der Waals surface area contributed by atoms with Crippen molar-refractivity contribution in [2.24, 2.45) is 5.73 Å². The van der Waals surface area contributed by atoms with Crippen LogP contribution < -0.4 is 5.73 Å². The highest BCUT2D eigenvalue weighted by atomic mass is 19.3. The van der Waals surface area contributed by atoms with Crippen molar-refractivity contribution in [1.82, 2.24) is 4.57 Å². The molecule has 0 bridgehead atoms. The Balaban J connectivity index is 2.41. The number of benzene rings is 1. The highest BCUT2D eigenvalue weighted by molar-refractivity contribution is 5.83. The van der Waals surface area contributed by atoms with E-state index in [-0.39, 0.29) is 12.6 Å². The van der Waals surface area contributed by atoms with Gasteiger partial charge in [-0.15, -0.1) is 0 Å². The van der Waals surface area contributed by atoms with Crippen molar-refractivity contribution in [1.29, 1.82) is 0 Å². The molecule has 1 atom stereocenters. The third-order valence-corrected chi connectivity index (χ3v) is 3.21. The van der Waals surface area contributed by atoms with Gasteiger partial charge in [0.05, 0.1) is 12.1 Å². The van der Waals surface area contributed by atoms with Crippen molar-refractivity contribution < 1.29 is 8.78 Å². The van der Waals surface area contributed by atoms with E-state index in [9.17, 15) is 8.78 Å². The van der Waals surface area contributed by atoms with Crippen LogP contribution in [0.5, 0.6) is 0 Å². The second-order valence-corrected chi connectivity index (χ2v) is 4.59. The molecule has 1 aromatic carbocycles. The SMILES string of the molecule is CCC(N)Cc1cccc2ccn(CC(F)F)c12. The van der Waals surface area contributed by atoms with E-state index in [0.29, 0.717) is 0 Å². The highest BCUT2D eigenvalue weighted by Gasteiger charge is 2.12. The number of nitrogens with two attached hydrogens (primary N) is 1. The number of hydrogen-bond donors (Lipinski definition) is 1. The van der Waals surface area contributed by atoms with Gasteiger partial charge in [-0.3, -0.25) is 0 Å². The lowest BCUT2D eigenvalue weighted by Crippen LogP contribution is -2.21. The number of rotatable bonds is 5. The molecule has 1 aromatic heterocycles. The molecule has 0 fully saturated rings. The average Bonchev–Trinajstić information content (AvgIpc) is 2.72. The summed E-state index contributed by atoms with van der Waals surface area (Å²) in [5.41, 5.74) is 7.90. The second-order valence-electron chi connectivity index (χ2n) is 4.59. The summed E-state index contributed by atoms with van der Waals surface area (Å²) in [5, 5.41) is 0.997. The van der Waals surface area contributed by atoms with Crippen LogP contribution >= 0.6 is 0 Å². The van der Waals surface area contributed by atoms with Crippen molar-refractivity contribution >= 4 is 10.9 Å². The summed E-state index contributed by atoms with van der Waals surface area (Å²) in [7, 11) is 0. The Morgan fingerprint density at radius 2 is 2.06 bits per heavy atom. The minimum atomic E-state index is -2.34. The van der Waals surface area contributed by atoms with Crippen LogP contribution in [0.3, 0.4) is 0 Å². The molecule has 1 unspecified atom stereocenters. The predicted octanol–water partition coefficient (Wildman–Crippen LogP) is 3.19. The topological polar surface area (TPSA) is 30.9 Å². The van der Waals surface area contributed by atoms with Gasteiger partial charge < -0.3 is 10.3 Å². The fraction of sp³-hybridized carbons (Fsp3) is 0.429. The molecule has 0 saturated carbocycles. The van der Waals surface area contributed by atoms with E-state index < -0.39 is 6.43 Å². The first-order chi connectivity index (χ1) is 8.61. The molecular formula is C14H18F2N2. The van der Waals surface area contributed by atoms with E-state index in [1.54, 1.807) is 10.8 Å². The van der Waals surface area contributed by atoms with Gasteiger partial charge in [0.1, 0.15) is 0 Å². The summed E-state index contributed by atoms with van der Waals surface area (Å²) < 4.78 is 26.7. The molecule has 2 aromatic rings. The van der Waals surface area contributed by atoms with Crippen molar-refractivity contribution in [2.45, 2.75) is 38.8 Å². The summed E-state index contributed by atoms with van der Waals surface area (Å²) in [6.07, 6.45) is 0.985. The monoisotopic (exact) mass is 252 g/mol. The summed E-state index contributed by atoms with van der Waals surface area (Å²) >= 11 is 0. The van der Waals surface area contributed by atoms with E-state index in [2.05, 4.69) is 0 Å². The van der Waals surface area contributed by atoms with E-state index in [1.807, 2.05) is 31.2 Å². The molecule has 1 heterocycles. The fourth-order valence-electron chi connectivity index (χ4n) is 2.23. The summed E-state index contributed by atoms with van der Waals surface area (Å²) in [5.74, 6) is 0. The van der Waals surface area contributed by atoms with Crippen LogP contribution in [0, 0.1) is 0 Å². The van der Waals surface area contributed by atoms with Gasteiger partial charge in [0.25, 0.3) is 6.43 Å². The first-order valence-corrected chi connectivity index (χ1v) is 6.22. The van der Waals surface area contributed by atoms with Gasteiger partial charge in [0, 0.05) is 12.2 Å². The number of hydrogen-bond acceptors (Lipinski definition) is 1. The van der Waals surface area contributed by atoms with Gasteiger partial charge in [-0.2, -0.15) is 0 Å². The molecule has 98 valence electrons. The van der Waals surface area contributed by atoms with Gasteiger partial charge in [-0.05, 0) is 29.9 Å². The number of aromatic nitrogens is 1. The number of nitrogens with zero attached hydrogens (tertiary/aromatic N) is 1. The Morgan fingerprint density at radius 3 is 2.72 bits per heavy atom. The normalized spacial score (nSPS) is 13.4. The second kappa shape index (κ2) is 5.48. The Morgan fingerprint density at radius 1 is 1.28 bits per heavy atom. The van der Waals surface area contributed by atoms with Crippen molar-refractivity contribution in [3.05, 3.63) is 36.0 Å². The molecule has 0 aliphatic rings. The molecule has 4 heteroatoms. The molecule has 0 spiro atoms. The number of alkyl halides is 2. The van der Waals surface area contributed by atoms with E-state index in [0.717, 1.165) is 29.3 Å². The lowest BCUT2D eigenvalue weighted by molar-refractivity contribution is 0.128. The van der Waals surface area contributed by atoms with Crippen LogP contribution in [0.1, 0.15) is 18.9 Å². The molecule has 0 aliphatic carbocycles. The predicted molar refractivity (Wildman–Crippen MR) is 69.9 cm³/mol. The van der Waals surface area contributed by atoms with Crippen LogP contribution in [-0.4, -0.2) is 17.0 Å². The van der Waals surface area contributed by atoms with E-state index in [4.69, 9.17) is 5.73 Å². The zero-order chi connectivity index (χ0) is 13.1. The zero-order valence-corrected chi connectivity index (χ0v) is 10.4. The first-order valence-electron chi connectivity index (χ1n) is 6.22. The average molecular weight is 252 g/mol. The van der Waals surface area contributed by atoms with Gasteiger partial charge >= 0.3 is 0 Å². The van der Waals surface area contributed by atoms with E-state index >= 15 is 0 Å². The largest absolute Gasteiger partial charge is 0.342 e. The van der Waals surface area contributed by atoms with Crippen molar-refractivity contribution in [3.63, 3.8) is 0 Å². The Bertz CT molecular complexity index is 519. The van der Waals surface area contributed by atoms with Gasteiger partial charge in [-0.25, -0.2) is 8.78 Å². The first kappa shape index (κ1) is 13.0. The molecular weight excluding hydrogens is 234 g/mol. The van der Waals surface area contributed by atoms with Crippen LogP contribution in [0.25, 0.3) is 10.9 Å². The van der Waals surface area contributed by atoms with Gasteiger partial charge in [-0.1, -0.05) is 25.1 Å². The third-order valence-electron chi connectivity index (χ3n) is 3.21. The van der Waals surface area contributed by atoms with Crippen LogP contribution in [0.4, 0.5) is 8.78 Å². The van der Waals surface area contributed by atoms with E-state index in [1.165, 1.54) is 0 Å². The highest BCUT2D eigenvalue weighted by Crippen LogP contribution is 2.22. The molecule has 18 heavy (non-hydrogen) atoms. The van der Waals surface area contributed by atoms with Gasteiger partial charge in [0.15, 0.2) is 0 Å². The minimum absolute atomic E-state index is 0.0745. The van der Waals surface area contributed by atoms with Crippen molar-refractivity contribution in [2.75, 3.05) is 0 Å². The summed E-state index contributed by atoms with van der Waals surface area (Å²) in [6.45, 7) is 1.77. The van der Waals surface area contributed by atoms with Gasteiger partial charge in [0.2, 0.25) is 0 Å². The fourth-order valence-corrected chi connectivity index (χ4v) is 2.23. The molecule has 2 nitrogen and oxygen atoms in total. The lowest BCUT2D eigenvalue weighted by Gasteiger charge is -2.13. The summed E-state index contributed by atoms with van der Waals surface area (Å²) in [4.78, 5) is 0. The Labute approximate surface area is 105 Å². The quantitative estimate of drug-likeness (QED) is 0.870. The lowest BCUT2D eigenvalue weighted by atomic mass is 10.0. The van der Waals surface area contributed by atoms with Crippen molar-refractivity contribution in [3.8, 4) is 0 Å². The Kier molecular flexibility index (Phi) is 3.97. The third kappa shape index (κ3) is 2.70. The van der Waals surface area contributed by atoms with Crippen LogP contribution in [0.15, 0.2) is 30.5 Å². The van der Waals surface area contributed by atoms with Crippen LogP contribution in [-0.2, 0) is 13.0 Å². The maximum absolute atomic E-state index is 12.5. The smallest absolute Gasteiger partial charge is 0.256 e.